The van der Waals surface area contributed by atoms with E-state index in [1.807, 2.05) is 19.1 Å². The number of nitrogens with zero attached hydrogens (tertiary/aromatic N) is 3. The fraction of sp³-hybridized carbons (Fsp3) is 0.227. The molecule has 1 aliphatic heterocycles. The molecule has 0 aliphatic carbocycles. The van der Waals surface area contributed by atoms with Crippen molar-refractivity contribution in [1.29, 1.82) is 0 Å². The van der Waals surface area contributed by atoms with Crippen molar-refractivity contribution in [3.63, 3.8) is 0 Å². The molecule has 1 aromatic heterocycles. The van der Waals surface area contributed by atoms with Gasteiger partial charge in [0.05, 0.1) is 32.5 Å². The minimum Gasteiger partial charge on any atom is -0.327 e. The van der Waals surface area contributed by atoms with Crippen molar-refractivity contribution in [2.45, 2.75) is 13.3 Å². The Hall–Kier alpha value is -2.83. The number of hydrogen-bond donors (Lipinski definition) is 1. The van der Waals surface area contributed by atoms with E-state index in [1.165, 1.54) is 0 Å². The molecule has 0 saturated carbocycles. The molecular weight excluding hydrogens is 423 g/mol. The first-order valence-corrected chi connectivity index (χ1v) is 10.3. The number of aryl methyl sites for hydroxylation is 1. The lowest BCUT2D eigenvalue weighted by atomic mass is 10.1. The number of amides is 3. The summed E-state index contributed by atoms with van der Waals surface area (Å²) in [6.45, 7) is 3.30. The SMILES string of the molecule is Cc1cnc2c(NC(=O)c3c(Cl)cccc3Cl)cccc2c1N1CCCN(C)C1=O. The zero-order valence-electron chi connectivity index (χ0n) is 16.6. The van der Waals surface area contributed by atoms with Crippen molar-refractivity contribution in [2.75, 3.05) is 30.4 Å². The normalized spacial score (nSPS) is 14.3. The maximum Gasteiger partial charge on any atom is 0.324 e. The van der Waals surface area contributed by atoms with Crippen LogP contribution >= 0.6 is 23.2 Å². The van der Waals surface area contributed by atoms with Crippen molar-refractivity contribution in [3.8, 4) is 0 Å². The summed E-state index contributed by atoms with van der Waals surface area (Å²) in [4.78, 5) is 33.7. The first-order chi connectivity index (χ1) is 14.4. The van der Waals surface area contributed by atoms with Gasteiger partial charge in [0, 0.05) is 31.7 Å². The highest BCUT2D eigenvalue weighted by Crippen LogP contribution is 2.35. The zero-order chi connectivity index (χ0) is 21.4. The average Bonchev–Trinajstić information content (AvgIpc) is 2.70. The first-order valence-electron chi connectivity index (χ1n) is 9.55. The summed E-state index contributed by atoms with van der Waals surface area (Å²) in [5.41, 5.74) is 3.02. The molecule has 154 valence electrons. The standard InChI is InChI=1S/C22H20Cl2N4O2/c1-13-12-25-19-14(20(13)28-11-5-10-27(2)22(28)30)6-3-9-17(19)26-21(29)18-15(23)7-4-8-16(18)24/h3-4,6-9,12H,5,10-11H2,1-2H3,(H,26,29). The van der Waals surface area contributed by atoms with E-state index in [4.69, 9.17) is 23.2 Å². The Kier molecular flexibility index (Phi) is 5.54. The maximum atomic E-state index is 12.9. The lowest BCUT2D eigenvalue weighted by molar-refractivity contribution is 0.102. The molecule has 3 aromatic rings. The summed E-state index contributed by atoms with van der Waals surface area (Å²) < 4.78 is 0. The highest BCUT2D eigenvalue weighted by molar-refractivity contribution is 6.40. The smallest absolute Gasteiger partial charge is 0.324 e. The molecule has 1 N–H and O–H groups in total. The maximum absolute atomic E-state index is 12.9. The molecule has 8 heteroatoms. The highest BCUT2D eigenvalue weighted by Gasteiger charge is 2.27. The molecule has 4 rings (SSSR count). The quantitative estimate of drug-likeness (QED) is 0.593. The number of nitrogens with one attached hydrogen (secondary N) is 1. The monoisotopic (exact) mass is 442 g/mol. The van der Waals surface area contributed by atoms with E-state index >= 15 is 0 Å². The second-order valence-electron chi connectivity index (χ2n) is 7.25. The van der Waals surface area contributed by atoms with Crippen molar-refractivity contribution in [1.82, 2.24) is 9.88 Å². The van der Waals surface area contributed by atoms with Crippen LogP contribution < -0.4 is 10.2 Å². The number of carbonyl (C=O) groups excluding carboxylic acids is 2. The molecule has 1 saturated heterocycles. The van der Waals surface area contributed by atoms with E-state index in [9.17, 15) is 9.59 Å². The van der Waals surface area contributed by atoms with Gasteiger partial charge in [0.15, 0.2) is 0 Å². The molecule has 0 unspecified atom stereocenters. The molecule has 1 aliphatic rings. The Morgan fingerprint density at radius 1 is 1.10 bits per heavy atom. The number of carbonyl (C=O) groups is 2. The number of benzene rings is 2. The molecule has 2 aromatic carbocycles. The molecular formula is C22H20Cl2N4O2. The van der Waals surface area contributed by atoms with E-state index in [2.05, 4.69) is 10.3 Å². The first kappa shape index (κ1) is 20.4. The molecule has 0 bridgehead atoms. The number of aromatic nitrogens is 1. The van der Waals surface area contributed by atoms with E-state index in [-0.39, 0.29) is 21.6 Å². The number of halogens is 2. The fourth-order valence-corrected chi connectivity index (χ4v) is 4.31. The van der Waals surface area contributed by atoms with E-state index in [0.717, 1.165) is 29.6 Å². The number of hydrogen-bond acceptors (Lipinski definition) is 3. The number of fused-ring (bicyclic) bond motifs is 1. The van der Waals surface area contributed by atoms with E-state index in [0.29, 0.717) is 17.7 Å². The van der Waals surface area contributed by atoms with E-state index < -0.39 is 5.91 Å². The number of pyridine rings is 1. The van der Waals surface area contributed by atoms with Crippen LogP contribution in [0.25, 0.3) is 10.9 Å². The van der Waals surface area contributed by atoms with Crippen LogP contribution in [-0.2, 0) is 0 Å². The molecule has 0 spiro atoms. The van der Waals surface area contributed by atoms with Gasteiger partial charge in [0.25, 0.3) is 5.91 Å². The van der Waals surface area contributed by atoms with Crippen LogP contribution in [0.1, 0.15) is 22.3 Å². The lowest BCUT2D eigenvalue weighted by Gasteiger charge is -2.34. The Balaban J connectivity index is 1.78. The van der Waals surface area contributed by atoms with Crippen molar-refractivity contribution < 1.29 is 9.59 Å². The summed E-state index contributed by atoms with van der Waals surface area (Å²) in [6, 6.07) is 10.4. The van der Waals surface area contributed by atoms with Crippen LogP contribution in [0.2, 0.25) is 10.0 Å². The molecule has 3 amide bonds. The van der Waals surface area contributed by atoms with Gasteiger partial charge < -0.3 is 10.2 Å². The van der Waals surface area contributed by atoms with Crippen LogP contribution in [-0.4, -0.2) is 42.0 Å². The fourth-order valence-electron chi connectivity index (χ4n) is 3.74. The number of para-hydroxylation sites is 1. The predicted molar refractivity (Wildman–Crippen MR) is 121 cm³/mol. The van der Waals surface area contributed by atoms with Crippen LogP contribution in [0.3, 0.4) is 0 Å². The lowest BCUT2D eigenvalue weighted by Crippen LogP contribution is -2.47. The van der Waals surface area contributed by atoms with Crippen LogP contribution in [0.4, 0.5) is 16.2 Å². The van der Waals surface area contributed by atoms with E-state index in [1.54, 1.807) is 47.3 Å². The Morgan fingerprint density at radius 2 is 1.80 bits per heavy atom. The molecule has 30 heavy (non-hydrogen) atoms. The predicted octanol–water partition coefficient (Wildman–Crippen LogP) is 5.36. The highest BCUT2D eigenvalue weighted by atomic mass is 35.5. The van der Waals surface area contributed by atoms with Crippen molar-refractivity contribution >= 4 is 57.4 Å². The summed E-state index contributed by atoms with van der Waals surface area (Å²) in [5, 5.41) is 4.20. The molecule has 2 heterocycles. The molecule has 0 radical (unpaired) electrons. The second-order valence-corrected chi connectivity index (χ2v) is 8.07. The topological polar surface area (TPSA) is 65.5 Å². The van der Waals surface area contributed by atoms with Crippen molar-refractivity contribution in [2.24, 2.45) is 0 Å². The largest absolute Gasteiger partial charge is 0.327 e. The van der Waals surface area contributed by atoms with Gasteiger partial charge in [0.1, 0.15) is 0 Å². The third kappa shape index (κ3) is 3.57. The Morgan fingerprint density at radius 3 is 2.53 bits per heavy atom. The minimum atomic E-state index is -0.421. The van der Waals surface area contributed by atoms with Crippen molar-refractivity contribution in [3.05, 3.63) is 63.8 Å². The Labute approximate surface area is 184 Å². The van der Waals surface area contributed by atoms with Crippen LogP contribution in [0, 0.1) is 6.92 Å². The molecule has 6 nitrogen and oxygen atoms in total. The second kappa shape index (κ2) is 8.13. The Bertz CT molecular complexity index is 1150. The van der Waals surface area contributed by atoms with Crippen LogP contribution in [0.15, 0.2) is 42.6 Å². The van der Waals surface area contributed by atoms with Gasteiger partial charge in [-0.25, -0.2) is 4.79 Å². The number of anilines is 2. The third-order valence-corrected chi connectivity index (χ3v) is 5.82. The number of rotatable bonds is 3. The summed E-state index contributed by atoms with van der Waals surface area (Å²) in [7, 11) is 1.80. The van der Waals surface area contributed by atoms with Gasteiger partial charge in [-0.15, -0.1) is 0 Å². The number of urea groups is 1. The minimum absolute atomic E-state index is 0.0471. The van der Waals surface area contributed by atoms with Gasteiger partial charge >= 0.3 is 6.03 Å². The average molecular weight is 443 g/mol. The summed E-state index contributed by atoms with van der Waals surface area (Å²) in [5.74, 6) is -0.421. The van der Waals surface area contributed by atoms with Crippen LogP contribution in [0.5, 0.6) is 0 Å². The van der Waals surface area contributed by atoms with Gasteiger partial charge in [0.2, 0.25) is 0 Å². The van der Waals surface area contributed by atoms with Gasteiger partial charge in [-0.1, -0.05) is 41.4 Å². The molecule has 1 fully saturated rings. The van der Waals surface area contributed by atoms with Gasteiger partial charge in [-0.3, -0.25) is 14.7 Å². The van der Waals surface area contributed by atoms with Gasteiger partial charge in [-0.05, 0) is 37.1 Å². The van der Waals surface area contributed by atoms with Gasteiger partial charge in [-0.2, -0.15) is 0 Å². The zero-order valence-corrected chi connectivity index (χ0v) is 18.1. The third-order valence-electron chi connectivity index (χ3n) is 5.19. The summed E-state index contributed by atoms with van der Waals surface area (Å²) in [6.07, 6.45) is 2.60. The summed E-state index contributed by atoms with van der Waals surface area (Å²) >= 11 is 12.4. The molecule has 0 atom stereocenters.